The molecule has 0 aliphatic heterocycles. The Hall–Kier alpha value is -0.630. The van der Waals surface area contributed by atoms with Crippen molar-refractivity contribution < 1.29 is 9.90 Å². The molecule has 4 saturated carbocycles. The number of fused-ring (bicyclic) bond motifs is 4. The van der Waals surface area contributed by atoms with Crippen LogP contribution in [0.2, 0.25) is 0 Å². The van der Waals surface area contributed by atoms with Gasteiger partial charge in [0.25, 0.3) is 0 Å². The van der Waals surface area contributed by atoms with Crippen LogP contribution in [0.4, 0.5) is 0 Å². The van der Waals surface area contributed by atoms with E-state index in [1.54, 1.807) is 0 Å². The second-order valence-corrected chi connectivity index (χ2v) is 10.00. The van der Waals surface area contributed by atoms with Gasteiger partial charge in [-0.15, -0.1) is 0 Å². The van der Waals surface area contributed by atoms with Crippen LogP contribution >= 0.6 is 0 Å². The number of allylic oxidation sites excluding steroid dienone is 2. The maximum atomic E-state index is 12.5. The molecule has 0 bridgehead atoms. The topological polar surface area (TPSA) is 37.3 Å². The molecule has 5 aliphatic rings. The summed E-state index contributed by atoms with van der Waals surface area (Å²) in [5, 5.41) is 10.1. The van der Waals surface area contributed by atoms with Crippen LogP contribution in [0.1, 0.15) is 71.1 Å². The maximum Gasteiger partial charge on any atom is 0.159 e. The third kappa shape index (κ3) is 1.90. The zero-order valence-electron chi connectivity index (χ0n) is 15.0. The van der Waals surface area contributed by atoms with Crippen LogP contribution < -0.4 is 0 Å². The molecule has 0 unspecified atom stereocenters. The van der Waals surface area contributed by atoms with Gasteiger partial charge in [0.05, 0.1) is 6.10 Å². The van der Waals surface area contributed by atoms with Crippen LogP contribution in [0.3, 0.4) is 0 Å². The minimum absolute atomic E-state index is 0.0495. The van der Waals surface area contributed by atoms with Gasteiger partial charge in [0.2, 0.25) is 0 Å². The Labute approximate surface area is 146 Å². The van der Waals surface area contributed by atoms with Gasteiger partial charge >= 0.3 is 0 Å². The Bertz CT molecular complexity index is 581. The number of hydrogen-bond donors (Lipinski definition) is 1. The quantitative estimate of drug-likeness (QED) is 0.710. The van der Waals surface area contributed by atoms with Crippen molar-refractivity contribution in [2.45, 2.75) is 77.2 Å². The Balaban J connectivity index is 1.47. The third-order valence-corrected chi connectivity index (χ3v) is 9.48. The second-order valence-electron chi connectivity index (χ2n) is 10.00. The van der Waals surface area contributed by atoms with Crippen LogP contribution in [-0.4, -0.2) is 17.0 Å². The molecular weight excluding hydrogens is 296 g/mol. The average molecular weight is 328 g/mol. The molecule has 0 aromatic rings. The van der Waals surface area contributed by atoms with E-state index in [0.29, 0.717) is 22.5 Å². The number of carbonyl (C=O) groups excluding carboxylic acids is 1. The summed E-state index contributed by atoms with van der Waals surface area (Å²) in [7, 11) is 0. The lowest BCUT2D eigenvalue weighted by atomic mass is 9.43. The highest BCUT2D eigenvalue weighted by Crippen LogP contribution is 2.69. The molecule has 0 aromatic carbocycles. The van der Waals surface area contributed by atoms with E-state index in [0.717, 1.165) is 49.4 Å². The second kappa shape index (κ2) is 5.19. The number of hydrogen-bond acceptors (Lipinski definition) is 2. The van der Waals surface area contributed by atoms with Crippen molar-refractivity contribution in [2.24, 2.45) is 40.4 Å². The zero-order chi connectivity index (χ0) is 16.5. The van der Waals surface area contributed by atoms with Gasteiger partial charge in [-0.2, -0.15) is 0 Å². The van der Waals surface area contributed by atoms with Gasteiger partial charge in [0, 0.05) is 5.92 Å². The number of aliphatic hydroxyl groups excluding tert-OH is 1. The fourth-order valence-corrected chi connectivity index (χ4v) is 8.38. The third-order valence-electron chi connectivity index (χ3n) is 9.48. The highest BCUT2D eigenvalue weighted by Gasteiger charge is 2.62. The smallest absolute Gasteiger partial charge is 0.159 e. The molecule has 1 N–H and O–H groups in total. The molecule has 0 saturated heterocycles. The van der Waals surface area contributed by atoms with E-state index in [9.17, 15) is 9.90 Å². The Morgan fingerprint density at radius 2 is 1.92 bits per heavy atom. The van der Waals surface area contributed by atoms with Crippen LogP contribution in [0.15, 0.2) is 12.2 Å². The molecule has 5 rings (SSSR count). The van der Waals surface area contributed by atoms with E-state index in [4.69, 9.17) is 0 Å². The number of rotatable bonds is 0. The maximum absolute atomic E-state index is 12.5. The summed E-state index contributed by atoms with van der Waals surface area (Å²) >= 11 is 0. The lowest BCUT2D eigenvalue weighted by Crippen LogP contribution is -2.55. The first-order valence-corrected chi connectivity index (χ1v) is 10.4. The number of carbonyl (C=O) groups is 1. The molecule has 4 fully saturated rings. The standard InChI is InChI=1S/C22H32O2/c1-21-11-8-15(23)13-14(21)4-5-16-17(21)9-12-22-10-2-3-20(24)19(22)7-6-18(16)22/h2-3,14-19,23H,4-13H2,1H3/t14-,15+,16+,17-,18-,19+,21-,22-/m0/s1. The zero-order valence-corrected chi connectivity index (χ0v) is 15.0. The summed E-state index contributed by atoms with van der Waals surface area (Å²) in [5.74, 6) is 4.00. The first-order valence-electron chi connectivity index (χ1n) is 10.4. The van der Waals surface area contributed by atoms with Gasteiger partial charge in [0.1, 0.15) is 0 Å². The van der Waals surface area contributed by atoms with Crippen molar-refractivity contribution in [1.29, 1.82) is 0 Å². The summed E-state index contributed by atoms with van der Waals surface area (Å²) in [6.45, 7) is 2.55. The molecule has 8 atom stereocenters. The summed E-state index contributed by atoms with van der Waals surface area (Å²) in [5.41, 5.74) is 0.779. The van der Waals surface area contributed by atoms with Crippen molar-refractivity contribution in [1.82, 2.24) is 0 Å². The van der Waals surface area contributed by atoms with Crippen molar-refractivity contribution in [3.05, 3.63) is 12.2 Å². The summed E-state index contributed by atoms with van der Waals surface area (Å²) in [6.07, 6.45) is 16.2. The minimum atomic E-state index is -0.0495. The van der Waals surface area contributed by atoms with Gasteiger partial charge in [-0.3, -0.25) is 4.79 Å². The van der Waals surface area contributed by atoms with E-state index >= 15 is 0 Å². The molecular formula is C22H32O2. The van der Waals surface area contributed by atoms with Gasteiger partial charge in [0.15, 0.2) is 5.78 Å². The Morgan fingerprint density at radius 3 is 2.79 bits per heavy atom. The first-order chi connectivity index (χ1) is 11.5. The molecule has 132 valence electrons. The lowest BCUT2D eigenvalue weighted by molar-refractivity contribution is -0.140. The largest absolute Gasteiger partial charge is 0.393 e. The van der Waals surface area contributed by atoms with E-state index in [-0.39, 0.29) is 6.10 Å². The van der Waals surface area contributed by atoms with Crippen molar-refractivity contribution in [3.8, 4) is 0 Å². The lowest BCUT2D eigenvalue weighted by Gasteiger charge is -2.61. The van der Waals surface area contributed by atoms with E-state index < -0.39 is 0 Å². The molecule has 2 heteroatoms. The highest BCUT2D eigenvalue weighted by atomic mass is 16.3. The van der Waals surface area contributed by atoms with Crippen molar-refractivity contribution >= 4 is 5.78 Å². The number of ketones is 1. The van der Waals surface area contributed by atoms with Crippen molar-refractivity contribution in [3.63, 3.8) is 0 Å². The molecule has 0 aromatic heterocycles. The molecule has 24 heavy (non-hydrogen) atoms. The van der Waals surface area contributed by atoms with Gasteiger partial charge in [-0.25, -0.2) is 0 Å². The summed E-state index contributed by atoms with van der Waals surface area (Å²) < 4.78 is 0. The average Bonchev–Trinajstić information content (AvgIpc) is 2.96. The van der Waals surface area contributed by atoms with Gasteiger partial charge in [-0.1, -0.05) is 13.0 Å². The minimum Gasteiger partial charge on any atom is -0.393 e. The molecule has 0 heterocycles. The monoisotopic (exact) mass is 328 g/mol. The van der Waals surface area contributed by atoms with E-state index in [2.05, 4.69) is 13.0 Å². The molecule has 2 nitrogen and oxygen atoms in total. The molecule has 1 spiro atoms. The SMILES string of the molecule is C[C@]12CC[C@@H](O)C[C@@H]1CC[C@@H]1[C@@H]2CC[C@]23CC=CC(=O)[C@H]2CC[C@@H]13. The fraction of sp³-hybridized carbons (Fsp3) is 0.864. The predicted octanol–water partition coefficient (Wildman–Crippen LogP) is 4.52. The van der Waals surface area contributed by atoms with Crippen LogP contribution in [0, 0.1) is 40.4 Å². The van der Waals surface area contributed by atoms with E-state index in [1.165, 1.54) is 38.5 Å². The van der Waals surface area contributed by atoms with Crippen LogP contribution in [0.25, 0.3) is 0 Å². The highest BCUT2D eigenvalue weighted by molar-refractivity contribution is 5.93. The molecule has 0 amide bonds. The normalized spacial score (nSPS) is 56.2. The van der Waals surface area contributed by atoms with Gasteiger partial charge in [-0.05, 0) is 105 Å². The first kappa shape index (κ1) is 15.6. The summed E-state index contributed by atoms with van der Waals surface area (Å²) in [4.78, 5) is 12.5. The van der Waals surface area contributed by atoms with E-state index in [1.807, 2.05) is 6.08 Å². The van der Waals surface area contributed by atoms with Crippen molar-refractivity contribution in [2.75, 3.05) is 0 Å². The van der Waals surface area contributed by atoms with Crippen LogP contribution in [0.5, 0.6) is 0 Å². The summed E-state index contributed by atoms with van der Waals surface area (Å²) in [6, 6.07) is 0. The number of aliphatic hydroxyl groups is 1. The Kier molecular flexibility index (Phi) is 3.38. The predicted molar refractivity (Wildman–Crippen MR) is 94.3 cm³/mol. The van der Waals surface area contributed by atoms with Gasteiger partial charge < -0.3 is 5.11 Å². The fourth-order valence-electron chi connectivity index (χ4n) is 8.38. The Morgan fingerprint density at radius 1 is 1.04 bits per heavy atom. The molecule has 5 aliphatic carbocycles. The van der Waals surface area contributed by atoms with Crippen LogP contribution in [-0.2, 0) is 4.79 Å². The molecule has 0 radical (unpaired) electrons.